The number of hydrogen-bond donors (Lipinski definition) is 0. The van der Waals surface area contributed by atoms with Gasteiger partial charge in [0.05, 0.1) is 12.7 Å². The summed E-state index contributed by atoms with van der Waals surface area (Å²) < 4.78 is 11.1. The highest BCUT2D eigenvalue weighted by atomic mass is 16.6. The van der Waals surface area contributed by atoms with Crippen molar-refractivity contribution >= 4 is 0 Å². The first kappa shape index (κ1) is 8.52. The van der Waals surface area contributed by atoms with Gasteiger partial charge in [-0.15, -0.1) is 0 Å². The Bertz CT molecular complexity index is 180. The van der Waals surface area contributed by atoms with Crippen LogP contribution in [0.15, 0.2) is 0 Å². The van der Waals surface area contributed by atoms with Crippen LogP contribution >= 0.6 is 0 Å². The molecule has 0 radical (unpaired) electrons. The SMILES string of the molecule is CCC1(CC)C(OC)CC12CO2. The molecule has 2 heteroatoms. The Morgan fingerprint density at radius 3 is 2.33 bits per heavy atom. The summed E-state index contributed by atoms with van der Waals surface area (Å²) in [4.78, 5) is 0. The van der Waals surface area contributed by atoms with Crippen LogP contribution in [-0.2, 0) is 9.47 Å². The molecular formula is C10H18O2. The third-order valence-corrected chi connectivity index (χ3v) is 4.08. The van der Waals surface area contributed by atoms with Gasteiger partial charge in [-0.05, 0) is 12.8 Å². The van der Waals surface area contributed by atoms with E-state index in [2.05, 4.69) is 13.8 Å². The third kappa shape index (κ3) is 0.728. The Labute approximate surface area is 74.2 Å². The predicted molar refractivity (Wildman–Crippen MR) is 47.1 cm³/mol. The molecule has 0 bridgehead atoms. The Kier molecular flexibility index (Phi) is 1.74. The lowest BCUT2D eigenvalue weighted by molar-refractivity contribution is -0.158. The lowest BCUT2D eigenvalue weighted by Gasteiger charge is -2.53. The van der Waals surface area contributed by atoms with Crippen molar-refractivity contribution in [2.75, 3.05) is 13.7 Å². The molecule has 2 atom stereocenters. The molecule has 2 aliphatic rings. The van der Waals surface area contributed by atoms with Gasteiger partial charge in [-0.3, -0.25) is 0 Å². The van der Waals surface area contributed by atoms with Gasteiger partial charge >= 0.3 is 0 Å². The number of hydrogen-bond acceptors (Lipinski definition) is 2. The topological polar surface area (TPSA) is 21.8 Å². The smallest absolute Gasteiger partial charge is 0.102 e. The predicted octanol–water partition coefficient (Wildman–Crippen LogP) is 1.98. The van der Waals surface area contributed by atoms with E-state index in [4.69, 9.17) is 9.47 Å². The van der Waals surface area contributed by atoms with Gasteiger partial charge in [-0.2, -0.15) is 0 Å². The average Bonchev–Trinajstić information content (AvgIpc) is 2.84. The summed E-state index contributed by atoms with van der Waals surface area (Å²) in [6, 6.07) is 0. The van der Waals surface area contributed by atoms with E-state index in [0.717, 1.165) is 13.0 Å². The third-order valence-electron chi connectivity index (χ3n) is 4.08. The van der Waals surface area contributed by atoms with E-state index < -0.39 is 0 Å². The fraction of sp³-hybridized carbons (Fsp3) is 1.00. The lowest BCUT2D eigenvalue weighted by atomic mass is 9.54. The van der Waals surface area contributed by atoms with E-state index in [0.29, 0.717) is 11.5 Å². The maximum Gasteiger partial charge on any atom is 0.102 e. The second kappa shape index (κ2) is 2.46. The highest BCUT2D eigenvalue weighted by molar-refractivity contribution is 5.20. The van der Waals surface area contributed by atoms with Crippen LogP contribution in [0, 0.1) is 5.41 Å². The minimum absolute atomic E-state index is 0.233. The zero-order chi connectivity index (χ0) is 8.82. The summed E-state index contributed by atoms with van der Waals surface area (Å²) in [6.07, 6.45) is 3.92. The number of methoxy groups -OCH3 is 1. The quantitative estimate of drug-likeness (QED) is 0.604. The van der Waals surface area contributed by atoms with Gasteiger partial charge in [-0.25, -0.2) is 0 Å². The lowest BCUT2D eigenvalue weighted by Crippen LogP contribution is -2.60. The summed E-state index contributed by atoms with van der Waals surface area (Å²) in [5, 5.41) is 0. The molecule has 70 valence electrons. The van der Waals surface area contributed by atoms with Crippen LogP contribution in [0.1, 0.15) is 33.1 Å². The van der Waals surface area contributed by atoms with E-state index in [-0.39, 0.29) is 5.60 Å². The van der Waals surface area contributed by atoms with Crippen LogP contribution in [0.2, 0.25) is 0 Å². The van der Waals surface area contributed by atoms with E-state index in [1.807, 2.05) is 7.11 Å². The summed E-state index contributed by atoms with van der Waals surface area (Å²) in [7, 11) is 1.82. The van der Waals surface area contributed by atoms with Gasteiger partial charge in [0.2, 0.25) is 0 Å². The molecule has 0 amide bonds. The monoisotopic (exact) mass is 170 g/mol. The van der Waals surface area contributed by atoms with Gasteiger partial charge in [0.15, 0.2) is 0 Å². The summed E-state index contributed by atoms with van der Waals surface area (Å²) in [5.74, 6) is 0. The average molecular weight is 170 g/mol. The normalized spacial score (nSPS) is 42.8. The van der Waals surface area contributed by atoms with Crippen LogP contribution in [0.5, 0.6) is 0 Å². The molecule has 12 heavy (non-hydrogen) atoms. The van der Waals surface area contributed by atoms with Crippen molar-refractivity contribution in [3.8, 4) is 0 Å². The molecule has 2 unspecified atom stereocenters. The molecule has 0 aromatic carbocycles. The molecule has 1 saturated carbocycles. The molecule has 1 aliphatic heterocycles. The fourth-order valence-electron chi connectivity index (χ4n) is 3.01. The number of rotatable bonds is 3. The Morgan fingerprint density at radius 2 is 2.00 bits per heavy atom. The van der Waals surface area contributed by atoms with Crippen molar-refractivity contribution in [2.24, 2.45) is 5.41 Å². The van der Waals surface area contributed by atoms with Gasteiger partial charge in [0.1, 0.15) is 5.60 Å². The van der Waals surface area contributed by atoms with E-state index in [9.17, 15) is 0 Å². The standard InChI is InChI=1S/C10H18O2/c1-4-9(5-2)8(11-3)6-10(9)7-12-10/h8H,4-7H2,1-3H3. The first-order chi connectivity index (χ1) is 5.74. The van der Waals surface area contributed by atoms with Gasteiger partial charge in [0, 0.05) is 18.9 Å². The minimum atomic E-state index is 0.233. The Balaban J connectivity index is 2.16. The molecular weight excluding hydrogens is 152 g/mol. The molecule has 1 aliphatic carbocycles. The van der Waals surface area contributed by atoms with Gasteiger partial charge in [-0.1, -0.05) is 13.8 Å². The van der Waals surface area contributed by atoms with Crippen LogP contribution < -0.4 is 0 Å². The Hall–Kier alpha value is -0.0800. The second-order valence-corrected chi connectivity index (χ2v) is 4.07. The van der Waals surface area contributed by atoms with Crippen LogP contribution in [-0.4, -0.2) is 25.4 Å². The van der Waals surface area contributed by atoms with E-state index in [1.165, 1.54) is 12.8 Å². The van der Waals surface area contributed by atoms with Gasteiger partial charge in [0.25, 0.3) is 0 Å². The molecule has 1 heterocycles. The van der Waals surface area contributed by atoms with Crippen molar-refractivity contribution in [2.45, 2.75) is 44.8 Å². The zero-order valence-corrected chi connectivity index (χ0v) is 8.22. The number of ether oxygens (including phenoxy) is 2. The highest BCUT2D eigenvalue weighted by Crippen LogP contribution is 2.64. The molecule has 0 aromatic rings. The maximum absolute atomic E-state index is 5.58. The fourth-order valence-corrected chi connectivity index (χ4v) is 3.01. The maximum atomic E-state index is 5.58. The van der Waals surface area contributed by atoms with Crippen LogP contribution in [0.25, 0.3) is 0 Å². The summed E-state index contributed by atoms with van der Waals surface area (Å²) in [5.41, 5.74) is 0.568. The summed E-state index contributed by atoms with van der Waals surface area (Å²) >= 11 is 0. The molecule has 0 aromatic heterocycles. The minimum Gasteiger partial charge on any atom is -0.381 e. The Morgan fingerprint density at radius 1 is 1.42 bits per heavy atom. The molecule has 2 nitrogen and oxygen atoms in total. The molecule has 0 N–H and O–H groups in total. The molecule has 1 spiro atoms. The molecule has 2 rings (SSSR count). The largest absolute Gasteiger partial charge is 0.381 e. The first-order valence-electron chi connectivity index (χ1n) is 4.91. The van der Waals surface area contributed by atoms with Crippen molar-refractivity contribution in [3.63, 3.8) is 0 Å². The number of epoxide rings is 1. The van der Waals surface area contributed by atoms with Crippen molar-refractivity contribution in [1.82, 2.24) is 0 Å². The molecule has 2 fully saturated rings. The molecule has 1 saturated heterocycles. The van der Waals surface area contributed by atoms with Crippen molar-refractivity contribution in [3.05, 3.63) is 0 Å². The summed E-state index contributed by atoms with van der Waals surface area (Å²) in [6.45, 7) is 5.46. The highest BCUT2D eigenvalue weighted by Gasteiger charge is 2.71. The zero-order valence-electron chi connectivity index (χ0n) is 8.22. The van der Waals surface area contributed by atoms with Gasteiger partial charge < -0.3 is 9.47 Å². The van der Waals surface area contributed by atoms with E-state index in [1.54, 1.807) is 0 Å². The van der Waals surface area contributed by atoms with Crippen molar-refractivity contribution < 1.29 is 9.47 Å². The van der Waals surface area contributed by atoms with Crippen LogP contribution in [0.4, 0.5) is 0 Å². The van der Waals surface area contributed by atoms with Crippen LogP contribution in [0.3, 0.4) is 0 Å². The van der Waals surface area contributed by atoms with E-state index >= 15 is 0 Å². The van der Waals surface area contributed by atoms with Crippen molar-refractivity contribution in [1.29, 1.82) is 0 Å². The second-order valence-electron chi connectivity index (χ2n) is 4.07. The first-order valence-corrected chi connectivity index (χ1v) is 4.91.